The Bertz CT molecular complexity index is 351. The number of aliphatic carboxylic acids is 1. The van der Waals surface area contributed by atoms with Crippen LogP contribution < -0.4 is 0 Å². The second-order valence-corrected chi connectivity index (χ2v) is 4.16. The molecular formula is C10H14N2O3S. The highest BCUT2D eigenvalue weighted by Crippen LogP contribution is 2.05. The smallest absolute Gasteiger partial charge is 0.305 e. The lowest BCUT2D eigenvalue weighted by molar-refractivity contribution is -0.138. The predicted octanol–water partition coefficient (Wildman–Crippen LogP) is 1.01. The Balaban J connectivity index is 2.26. The van der Waals surface area contributed by atoms with Crippen molar-refractivity contribution < 1.29 is 14.7 Å². The van der Waals surface area contributed by atoms with E-state index in [4.69, 9.17) is 5.11 Å². The Kier molecular flexibility index (Phi) is 4.91. The number of carbonyl (C=O) groups is 2. The van der Waals surface area contributed by atoms with Crippen molar-refractivity contribution in [3.63, 3.8) is 0 Å². The maximum absolute atomic E-state index is 11.6. The number of rotatable bonds is 6. The van der Waals surface area contributed by atoms with Gasteiger partial charge in [0.25, 0.3) is 0 Å². The average Bonchev–Trinajstić information content (AvgIpc) is 2.75. The van der Waals surface area contributed by atoms with Gasteiger partial charge in [-0.15, -0.1) is 11.3 Å². The molecule has 0 radical (unpaired) electrons. The second-order valence-electron chi connectivity index (χ2n) is 3.44. The van der Waals surface area contributed by atoms with Crippen molar-refractivity contribution in [1.82, 2.24) is 9.88 Å². The van der Waals surface area contributed by atoms with Crippen molar-refractivity contribution in [2.24, 2.45) is 0 Å². The normalized spacial score (nSPS) is 10.1. The summed E-state index contributed by atoms with van der Waals surface area (Å²) in [5, 5.41) is 10.4. The number of aromatic nitrogens is 1. The van der Waals surface area contributed by atoms with Crippen molar-refractivity contribution in [3.8, 4) is 0 Å². The van der Waals surface area contributed by atoms with E-state index in [1.165, 1.54) is 16.2 Å². The van der Waals surface area contributed by atoms with Crippen LogP contribution >= 0.6 is 11.3 Å². The van der Waals surface area contributed by atoms with Gasteiger partial charge in [0.2, 0.25) is 5.91 Å². The van der Waals surface area contributed by atoms with E-state index < -0.39 is 5.97 Å². The molecule has 0 atom stereocenters. The second kappa shape index (κ2) is 6.22. The summed E-state index contributed by atoms with van der Waals surface area (Å²) in [5.41, 5.74) is 2.64. The molecule has 0 aromatic carbocycles. The predicted molar refractivity (Wildman–Crippen MR) is 60.3 cm³/mol. The topological polar surface area (TPSA) is 70.5 Å². The molecule has 88 valence electrons. The SMILES string of the molecule is CN(CCC(=O)O)C(=O)CCc1cscn1. The van der Waals surface area contributed by atoms with Crippen LogP contribution in [0.25, 0.3) is 0 Å². The molecular weight excluding hydrogens is 228 g/mol. The Hall–Kier alpha value is -1.43. The molecule has 1 amide bonds. The third-order valence-electron chi connectivity index (χ3n) is 2.17. The van der Waals surface area contributed by atoms with Gasteiger partial charge in [-0.3, -0.25) is 9.59 Å². The molecule has 0 spiro atoms. The van der Waals surface area contributed by atoms with Crippen LogP contribution in [0.5, 0.6) is 0 Å². The molecule has 0 saturated heterocycles. The minimum absolute atomic E-state index is 0.0149. The van der Waals surface area contributed by atoms with Gasteiger partial charge >= 0.3 is 5.97 Å². The Morgan fingerprint density at radius 2 is 2.25 bits per heavy atom. The van der Waals surface area contributed by atoms with Crippen LogP contribution in [0.1, 0.15) is 18.5 Å². The van der Waals surface area contributed by atoms with Crippen LogP contribution in [0.15, 0.2) is 10.9 Å². The van der Waals surface area contributed by atoms with Gasteiger partial charge in [-0.25, -0.2) is 4.98 Å². The summed E-state index contributed by atoms with van der Waals surface area (Å²) < 4.78 is 0. The number of carboxylic acid groups (broad SMARTS) is 1. The van der Waals surface area contributed by atoms with E-state index in [0.717, 1.165) is 5.69 Å². The fourth-order valence-electron chi connectivity index (χ4n) is 1.17. The van der Waals surface area contributed by atoms with Crippen molar-refractivity contribution in [2.75, 3.05) is 13.6 Å². The van der Waals surface area contributed by atoms with Gasteiger partial charge in [0.1, 0.15) is 0 Å². The first-order valence-corrected chi connectivity index (χ1v) is 5.86. The lowest BCUT2D eigenvalue weighted by Crippen LogP contribution is -2.29. The average molecular weight is 242 g/mol. The van der Waals surface area contributed by atoms with Crippen molar-refractivity contribution in [1.29, 1.82) is 0 Å². The number of nitrogens with zero attached hydrogens (tertiary/aromatic N) is 2. The van der Waals surface area contributed by atoms with Gasteiger partial charge < -0.3 is 10.0 Å². The van der Waals surface area contributed by atoms with Crippen LogP contribution in [0.4, 0.5) is 0 Å². The van der Waals surface area contributed by atoms with E-state index in [-0.39, 0.29) is 18.9 Å². The number of hydrogen-bond donors (Lipinski definition) is 1. The third-order valence-corrected chi connectivity index (χ3v) is 2.80. The summed E-state index contributed by atoms with van der Waals surface area (Å²) in [6.45, 7) is 0.255. The maximum Gasteiger partial charge on any atom is 0.305 e. The first kappa shape index (κ1) is 12.6. The minimum atomic E-state index is -0.890. The van der Waals surface area contributed by atoms with Gasteiger partial charge in [0, 0.05) is 25.4 Å². The summed E-state index contributed by atoms with van der Waals surface area (Å²) in [6.07, 6.45) is 0.971. The Morgan fingerprint density at radius 3 is 2.81 bits per heavy atom. The number of amides is 1. The first-order chi connectivity index (χ1) is 7.59. The Morgan fingerprint density at radius 1 is 1.50 bits per heavy atom. The molecule has 0 unspecified atom stereocenters. The molecule has 0 saturated carbocycles. The number of aryl methyl sites for hydroxylation is 1. The highest BCUT2D eigenvalue weighted by atomic mass is 32.1. The minimum Gasteiger partial charge on any atom is -0.481 e. The lowest BCUT2D eigenvalue weighted by Gasteiger charge is -2.15. The zero-order valence-electron chi connectivity index (χ0n) is 9.05. The summed E-state index contributed by atoms with van der Waals surface area (Å²) in [5.74, 6) is -0.937. The highest BCUT2D eigenvalue weighted by molar-refractivity contribution is 7.07. The number of hydrogen-bond acceptors (Lipinski definition) is 4. The molecule has 16 heavy (non-hydrogen) atoms. The third kappa shape index (κ3) is 4.39. The number of carbonyl (C=O) groups excluding carboxylic acids is 1. The zero-order valence-corrected chi connectivity index (χ0v) is 9.87. The number of carboxylic acids is 1. The standard InChI is InChI=1S/C10H14N2O3S/c1-12(5-4-10(14)15)9(13)3-2-8-6-16-7-11-8/h6-7H,2-5H2,1H3,(H,14,15). The van der Waals surface area contributed by atoms with Crippen LogP contribution in [0, 0.1) is 0 Å². The Labute approximate surface area is 97.7 Å². The van der Waals surface area contributed by atoms with E-state index in [1.54, 1.807) is 12.6 Å². The molecule has 0 aliphatic carbocycles. The van der Waals surface area contributed by atoms with E-state index in [2.05, 4.69) is 4.98 Å². The molecule has 1 N–H and O–H groups in total. The molecule has 0 bridgehead atoms. The van der Waals surface area contributed by atoms with Crippen molar-refractivity contribution >= 4 is 23.2 Å². The number of thiazole rings is 1. The van der Waals surface area contributed by atoms with Crippen LogP contribution in [0.3, 0.4) is 0 Å². The van der Waals surface area contributed by atoms with Crippen molar-refractivity contribution in [3.05, 3.63) is 16.6 Å². The molecule has 5 nitrogen and oxygen atoms in total. The summed E-state index contributed by atoms with van der Waals surface area (Å²) in [4.78, 5) is 27.4. The largest absolute Gasteiger partial charge is 0.481 e. The van der Waals surface area contributed by atoms with E-state index in [1.807, 2.05) is 5.38 Å². The van der Waals surface area contributed by atoms with Crippen LogP contribution in [0.2, 0.25) is 0 Å². The quantitative estimate of drug-likeness (QED) is 0.808. The van der Waals surface area contributed by atoms with Gasteiger partial charge in [-0.2, -0.15) is 0 Å². The first-order valence-electron chi connectivity index (χ1n) is 4.92. The molecule has 1 rings (SSSR count). The van der Waals surface area contributed by atoms with E-state index >= 15 is 0 Å². The molecule has 1 aromatic heterocycles. The molecule has 0 fully saturated rings. The van der Waals surface area contributed by atoms with E-state index in [9.17, 15) is 9.59 Å². The molecule has 1 heterocycles. The molecule has 0 aliphatic rings. The fraction of sp³-hybridized carbons (Fsp3) is 0.500. The molecule has 6 heteroatoms. The van der Waals surface area contributed by atoms with Gasteiger partial charge in [-0.05, 0) is 6.42 Å². The van der Waals surface area contributed by atoms with Crippen LogP contribution in [-0.4, -0.2) is 40.5 Å². The monoisotopic (exact) mass is 242 g/mol. The summed E-state index contributed by atoms with van der Waals surface area (Å²) in [7, 11) is 1.62. The highest BCUT2D eigenvalue weighted by Gasteiger charge is 2.10. The molecule has 1 aromatic rings. The maximum atomic E-state index is 11.6. The van der Waals surface area contributed by atoms with Gasteiger partial charge in [0.05, 0.1) is 17.6 Å². The lowest BCUT2D eigenvalue weighted by atomic mass is 10.2. The summed E-state index contributed by atoms with van der Waals surface area (Å²) in [6, 6.07) is 0. The summed E-state index contributed by atoms with van der Waals surface area (Å²) >= 11 is 1.50. The molecule has 0 aliphatic heterocycles. The van der Waals surface area contributed by atoms with Gasteiger partial charge in [0.15, 0.2) is 0 Å². The fourth-order valence-corrected chi connectivity index (χ4v) is 1.77. The van der Waals surface area contributed by atoms with E-state index in [0.29, 0.717) is 12.8 Å². The van der Waals surface area contributed by atoms with Crippen LogP contribution in [-0.2, 0) is 16.0 Å². The zero-order chi connectivity index (χ0) is 12.0. The van der Waals surface area contributed by atoms with Gasteiger partial charge in [-0.1, -0.05) is 0 Å². The van der Waals surface area contributed by atoms with Crippen molar-refractivity contribution in [2.45, 2.75) is 19.3 Å².